The maximum atomic E-state index is 3.01. The fourth-order valence-corrected chi connectivity index (χ4v) is 8.98. The first-order valence-electron chi connectivity index (χ1n) is 11.0. The van der Waals surface area contributed by atoms with Crippen molar-refractivity contribution in [1.82, 2.24) is 4.90 Å². The second-order valence-electron chi connectivity index (χ2n) is 10.8. The van der Waals surface area contributed by atoms with Crippen molar-refractivity contribution in [3.8, 4) is 0 Å². The summed E-state index contributed by atoms with van der Waals surface area (Å²) in [5.74, 6) is 9.02. The quantitative estimate of drug-likeness (QED) is 0.712. The maximum absolute atomic E-state index is 3.01. The van der Waals surface area contributed by atoms with Gasteiger partial charge in [0.15, 0.2) is 0 Å². The Bertz CT molecular complexity index is 429. The summed E-state index contributed by atoms with van der Waals surface area (Å²) in [6, 6.07) is 0.989. The number of rotatable bonds is 3. The molecule has 128 valence electrons. The molecule has 0 spiro atoms. The summed E-state index contributed by atoms with van der Waals surface area (Å²) >= 11 is 0. The Kier molecular flexibility index (Phi) is 3.22. The highest BCUT2D eigenvalue weighted by Crippen LogP contribution is 2.57. The van der Waals surface area contributed by atoms with Gasteiger partial charge in [-0.2, -0.15) is 0 Å². The molecule has 2 aliphatic heterocycles. The van der Waals surface area contributed by atoms with E-state index in [1.807, 2.05) is 0 Å². The average molecular weight is 314 g/mol. The lowest BCUT2D eigenvalue weighted by molar-refractivity contribution is -0.0441. The Labute approximate surface area is 142 Å². The fraction of sp³-hybridized carbons (Fsp3) is 1.00. The molecule has 2 atom stereocenters. The third-order valence-corrected chi connectivity index (χ3v) is 9.39. The largest absolute Gasteiger partial charge is 0.300 e. The molecule has 6 saturated carbocycles. The lowest BCUT2D eigenvalue weighted by Crippen LogP contribution is -2.47. The van der Waals surface area contributed by atoms with E-state index in [2.05, 4.69) is 4.90 Å². The van der Waals surface area contributed by atoms with Crippen molar-refractivity contribution in [1.29, 1.82) is 0 Å². The molecule has 0 aromatic rings. The molecule has 2 unspecified atom stereocenters. The van der Waals surface area contributed by atoms with Gasteiger partial charge in [-0.05, 0) is 125 Å². The zero-order chi connectivity index (χ0) is 15.0. The van der Waals surface area contributed by atoms with E-state index in [1.165, 1.54) is 13.1 Å². The van der Waals surface area contributed by atoms with E-state index in [9.17, 15) is 0 Å². The highest BCUT2D eigenvalue weighted by atomic mass is 15.2. The van der Waals surface area contributed by atoms with E-state index in [4.69, 9.17) is 0 Å². The summed E-state index contributed by atoms with van der Waals surface area (Å²) in [5.41, 5.74) is 0. The minimum Gasteiger partial charge on any atom is -0.300 e. The van der Waals surface area contributed by atoms with Gasteiger partial charge in [0.2, 0.25) is 0 Å². The topological polar surface area (TPSA) is 3.24 Å². The van der Waals surface area contributed by atoms with Crippen LogP contribution in [0, 0.1) is 47.3 Å². The summed E-state index contributed by atoms with van der Waals surface area (Å²) in [6.45, 7) is 2.94. The Morgan fingerprint density at radius 3 is 1.70 bits per heavy atom. The van der Waals surface area contributed by atoms with Crippen LogP contribution in [-0.2, 0) is 0 Å². The lowest BCUT2D eigenvalue weighted by atomic mass is 9.51. The molecule has 1 nitrogen and oxygen atoms in total. The van der Waals surface area contributed by atoms with Gasteiger partial charge in [-0.25, -0.2) is 0 Å². The zero-order valence-corrected chi connectivity index (χ0v) is 14.8. The van der Waals surface area contributed by atoms with Gasteiger partial charge in [-0.1, -0.05) is 0 Å². The van der Waals surface area contributed by atoms with Crippen LogP contribution in [0.5, 0.6) is 0 Å². The van der Waals surface area contributed by atoms with E-state index in [1.54, 1.807) is 70.6 Å². The smallest absolute Gasteiger partial charge is 0.0101 e. The van der Waals surface area contributed by atoms with Crippen LogP contribution in [0.1, 0.15) is 70.6 Å². The molecular formula is C22H35N. The first kappa shape index (κ1) is 14.2. The first-order chi connectivity index (χ1) is 11.3. The molecule has 0 radical (unpaired) electrons. The molecule has 2 heterocycles. The van der Waals surface area contributed by atoms with Crippen molar-refractivity contribution in [3.63, 3.8) is 0 Å². The minimum absolute atomic E-state index is 0.989. The predicted molar refractivity (Wildman–Crippen MR) is 94.1 cm³/mol. The number of fused-ring (bicyclic) bond motifs is 1. The summed E-state index contributed by atoms with van der Waals surface area (Å²) in [5, 5.41) is 0. The van der Waals surface area contributed by atoms with Crippen LogP contribution in [0.4, 0.5) is 0 Å². The van der Waals surface area contributed by atoms with Gasteiger partial charge >= 0.3 is 0 Å². The van der Waals surface area contributed by atoms with Crippen molar-refractivity contribution in [2.45, 2.75) is 76.7 Å². The molecule has 8 bridgehead atoms. The van der Waals surface area contributed by atoms with Gasteiger partial charge in [-0.15, -0.1) is 0 Å². The SMILES string of the molecule is C1C2CC3CC1CC(C2)C3CCN1CC2CC3CC(C2)CC1C3. The molecule has 0 N–H and O–H groups in total. The van der Waals surface area contributed by atoms with Crippen molar-refractivity contribution in [3.05, 3.63) is 0 Å². The van der Waals surface area contributed by atoms with Gasteiger partial charge in [0.05, 0.1) is 0 Å². The van der Waals surface area contributed by atoms with Crippen molar-refractivity contribution in [2.75, 3.05) is 13.1 Å². The summed E-state index contributed by atoms with van der Waals surface area (Å²) < 4.78 is 0. The number of hydrogen-bond acceptors (Lipinski definition) is 1. The predicted octanol–water partition coefficient (Wildman–Crippen LogP) is 4.96. The summed E-state index contributed by atoms with van der Waals surface area (Å²) in [4.78, 5) is 3.01. The molecule has 8 fully saturated rings. The summed E-state index contributed by atoms with van der Waals surface area (Å²) in [7, 11) is 0. The Hall–Kier alpha value is -0.0400. The highest BCUT2D eigenvalue weighted by molar-refractivity contribution is 4.99. The molecule has 1 heteroatoms. The molecule has 8 aliphatic rings. The van der Waals surface area contributed by atoms with Crippen molar-refractivity contribution in [2.24, 2.45) is 47.3 Å². The van der Waals surface area contributed by atoms with E-state index in [0.29, 0.717) is 0 Å². The normalized spacial score (nSPS) is 57.1. The van der Waals surface area contributed by atoms with Crippen LogP contribution in [0.15, 0.2) is 0 Å². The van der Waals surface area contributed by atoms with Gasteiger partial charge in [0.1, 0.15) is 0 Å². The van der Waals surface area contributed by atoms with E-state index in [0.717, 1.165) is 53.4 Å². The first-order valence-corrected chi connectivity index (χ1v) is 11.0. The van der Waals surface area contributed by atoms with Crippen molar-refractivity contribution >= 4 is 0 Å². The molecule has 0 amide bonds. The number of nitrogens with zero attached hydrogens (tertiary/aromatic N) is 1. The molecule has 23 heavy (non-hydrogen) atoms. The van der Waals surface area contributed by atoms with Crippen molar-refractivity contribution < 1.29 is 0 Å². The zero-order valence-electron chi connectivity index (χ0n) is 14.8. The van der Waals surface area contributed by atoms with Crippen LogP contribution in [0.3, 0.4) is 0 Å². The Morgan fingerprint density at radius 2 is 1.09 bits per heavy atom. The van der Waals surface area contributed by atoms with Gasteiger partial charge < -0.3 is 4.90 Å². The van der Waals surface area contributed by atoms with E-state index in [-0.39, 0.29) is 0 Å². The van der Waals surface area contributed by atoms with Crippen LogP contribution in [0.2, 0.25) is 0 Å². The third-order valence-electron chi connectivity index (χ3n) is 9.39. The standard InChI is InChI=1S/C22H35N/c1(22-19-7-16-4-17(9-19)10-20(22)8-16)2-23-13-18-5-14-3-15(6-18)12-21(23)11-14/h14-22H,1-13H2. The Morgan fingerprint density at radius 1 is 0.565 bits per heavy atom. The second kappa shape index (κ2) is 5.23. The van der Waals surface area contributed by atoms with Crippen LogP contribution < -0.4 is 0 Å². The molecular weight excluding hydrogens is 278 g/mol. The summed E-state index contributed by atoms with van der Waals surface area (Å²) in [6.07, 6.45) is 17.5. The Balaban J connectivity index is 1.14. The van der Waals surface area contributed by atoms with Gasteiger partial charge in [0, 0.05) is 12.6 Å². The minimum atomic E-state index is 0.989. The molecule has 6 aliphatic carbocycles. The molecule has 8 rings (SSSR count). The second-order valence-corrected chi connectivity index (χ2v) is 10.8. The van der Waals surface area contributed by atoms with Crippen LogP contribution >= 0.6 is 0 Å². The van der Waals surface area contributed by atoms with E-state index >= 15 is 0 Å². The van der Waals surface area contributed by atoms with Crippen LogP contribution in [-0.4, -0.2) is 24.0 Å². The highest BCUT2D eigenvalue weighted by Gasteiger charge is 2.48. The van der Waals surface area contributed by atoms with Gasteiger partial charge in [-0.3, -0.25) is 0 Å². The maximum Gasteiger partial charge on any atom is 0.0101 e. The average Bonchev–Trinajstić information content (AvgIpc) is 2.69. The molecule has 2 saturated heterocycles. The fourth-order valence-electron chi connectivity index (χ4n) is 8.98. The molecule has 0 aromatic carbocycles. The number of hydrogen-bond donors (Lipinski definition) is 0. The van der Waals surface area contributed by atoms with Gasteiger partial charge in [0.25, 0.3) is 0 Å². The molecule has 0 aromatic heterocycles. The monoisotopic (exact) mass is 313 g/mol. The lowest BCUT2D eigenvalue weighted by Gasteiger charge is -2.55. The van der Waals surface area contributed by atoms with Crippen LogP contribution in [0.25, 0.3) is 0 Å². The van der Waals surface area contributed by atoms with E-state index < -0.39 is 0 Å². The third kappa shape index (κ3) is 2.35.